The van der Waals surface area contributed by atoms with Gasteiger partial charge >= 0.3 is 0 Å². The molecule has 0 spiro atoms. The fraction of sp³-hybridized carbons (Fsp3) is 0.133. The van der Waals surface area contributed by atoms with Crippen LogP contribution in [0.25, 0.3) is 5.65 Å². The first-order chi connectivity index (χ1) is 10.1. The van der Waals surface area contributed by atoms with E-state index in [1.807, 2.05) is 35.7 Å². The Kier molecular flexibility index (Phi) is 7.02. The summed E-state index contributed by atoms with van der Waals surface area (Å²) in [7, 11) is 0. The van der Waals surface area contributed by atoms with Crippen molar-refractivity contribution in [3.8, 4) is 5.75 Å². The van der Waals surface area contributed by atoms with Crippen LogP contribution in [0.15, 0.2) is 41.1 Å². The standard InChI is InChI=1S/C15H13BrClN3O.2ClH/c1-9-14(16)20-6-2-3-13(15(20)19-9)21-8-10-7-11(18)4-5-12(10)17;;/h2-7H,8,18H2,1H3;2*1H. The van der Waals surface area contributed by atoms with Gasteiger partial charge in [0.25, 0.3) is 0 Å². The third-order valence-electron chi connectivity index (χ3n) is 3.17. The average molecular weight is 440 g/mol. The molecule has 0 bridgehead atoms. The molecule has 0 saturated heterocycles. The lowest BCUT2D eigenvalue weighted by Gasteiger charge is -2.09. The highest BCUT2D eigenvalue weighted by molar-refractivity contribution is 9.10. The number of anilines is 1. The van der Waals surface area contributed by atoms with Crippen LogP contribution in [0.1, 0.15) is 11.3 Å². The Labute approximate surface area is 159 Å². The maximum atomic E-state index is 6.15. The molecule has 124 valence electrons. The van der Waals surface area contributed by atoms with E-state index in [0.717, 1.165) is 21.5 Å². The Morgan fingerprint density at radius 1 is 1.30 bits per heavy atom. The van der Waals surface area contributed by atoms with Gasteiger partial charge in [-0.05, 0) is 53.2 Å². The molecule has 0 aliphatic rings. The number of halogens is 4. The summed E-state index contributed by atoms with van der Waals surface area (Å²) < 4.78 is 8.72. The molecule has 0 atom stereocenters. The molecule has 3 rings (SSSR count). The number of nitrogens with two attached hydrogens (primary N) is 1. The van der Waals surface area contributed by atoms with E-state index in [1.54, 1.807) is 12.1 Å². The second-order valence-electron chi connectivity index (χ2n) is 4.69. The minimum atomic E-state index is 0. The number of rotatable bonds is 3. The van der Waals surface area contributed by atoms with Gasteiger partial charge in [-0.1, -0.05) is 11.6 Å². The molecule has 2 aromatic heterocycles. The molecule has 0 amide bonds. The molecule has 1 aromatic carbocycles. The SMILES string of the molecule is Cc1nc2c(OCc3cc(N)ccc3Cl)cccn2c1Br.Cl.Cl. The van der Waals surface area contributed by atoms with Crippen molar-refractivity contribution in [2.45, 2.75) is 13.5 Å². The van der Waals surface area contributed by atoms with Crippen LogP contribution < -0.4 is 10.5 Å². The Morgan fingerprint density at radius 2 is 2.04 bits per heavy atom. The molecular formula is C15H15BrCl3N3O. The summed E-state index contributed by atoms with van der Waals surface area (Å²) in [4.78, 5) is 4.50. The molecule has 23 heavy (non-hydrogen) atoms. The topological polar surface area (TPSA) is 52.5 Å². The molecule has 0 saturated carbocycles. The molecule has 2 heterocycles. The van der Waals surface area contributed by atoms with Crippen molar-refractivity contribution in [2.75, 3.05) is 5.73 Å². The van der Waals surface area contributed by atoms with Crippen molar-refractivity contribution in [2.24, 2.45) is 0 Å². The molecule has 0 aliphatic heterocycles. The summed E-state index contributed by atoms with van der Waals surface area (Å²) in [6.07, 6.45) is 1.93. The third kappa shape index (κ3) is 4.04. The highest BCUT2D eigenvalue weighted by atomic mass is 79.9. The monoisotopic (exact) mass is 437 g/mol. The Balaban J connectivity index is 0.00000132. The van der Waals surface area contributed by atoms with Gasteiger partial charge in [-0.15, -0.1) is 24.8 Å². The van der Waals surface area contributed by atoms with Crippen molar-refractivity contribution in [3.05, 3.63) is 57.4 Å². The maximum absolute atomic E-state index is 6.15. The predicted octanol–water partition coefficient (Wildman–Crippen LogP) is 5.06. The number of ether oxygens (including phenoxy) is 1. The number of benzene rings is 1. The number of nitrogens with zero attached hydrogens (tertiary/aromatic N) is 2. The molecule has 8 heteroatoms. The van der Waals surface area contributed by atoms with Crippen molar-refractivity contribution in [3.63, 3.8) is 0 Å². The van der Waals surface area contributed by atoms with Crippen LogP contribution >= 0.6 is 52.3 Å². The summed E-state index contributed by atoms with van der Waals surface area (Å²) in [6.45, 7) is 2.28. The summed E-state index contributed by atoms with van der Waals surface area (Å²) in [5.74, 6) is 0.699. The van der Waals surface area contributed by atoms with Gasteiger partial charge in [0.15, 0.2) is 11.4 Å². The van der Waals surface area contributed by atoms with E-state index in [4.69, 9.17) is 22.1 Å². The minimum absolute atomic E-state index is 0. The number of hydrogen-bond donors (Lipinski definition) is 1. The van der Waals surface area contributed by atoms with Gasteiger partial charge in [0.1, 0.15) is 11.2 Å². The van der Waals surface area contributed by atoms with Gasteiger partial charge < -0.3 is 10.5 Å². The molecule has 0 aliphatic carbocycles. The maximum Gasteiger partial charge on any atom is 0.180 e. The molecule has 2 N–H and O–H groups in total. The van der Waals surface area contributed by atoms with Crippen molar-refractivity contribution in [1.29, 1.82) is 0 Å². The van der Waals surface area contributed by atoms with Gasteiger partial charge in [0, 0.05) is 22.5 Å². The van der Waals surface area contributed by atoms with E-state index < -0.39 is 0 Å². The van der Waals surface area contributed by atoms with Gasteiger partial charge in [-0.2, -0.15) is 0 Å². The fourth-order valence-electron chi connectivity index (χ4n) is 2.10. The van der Waals surface area contributed by atoms with Gasteiger partial charge in [-0.25, -0.2) is 4.98 Å². The second kappa shape index (κ2) is 8.11. The zero-order chi connectivity index (χ0) is 15.0. The first-order valence-electron chi connectivity index (χ1n) is 6.36. The van der Waals surface area contributed by atoms with Crippen LogP contribution in [0.3, 0.4) is 0 Å². The van der Waals surface area contributed by atoms with Crippen LogP contribution in [-0.4, -0.2) is 9.38 Å². The van der Waals surface area contributed by atoms with E-state index in [2.05, 4.69) is 20.9 Å². The summed E-state index contributed by atoms with van der Waals surface area (Å²) in [5, 5.41) is 0.636. The summed E-state index contributed by atoms with van der Waals surface area (Å²) >= 11 is 9.66. The van der Waals surface area contributed by atoms with E-state index in [-0.39, 0.29) is 24.8 Å². The zero-order valence-corrected chi connectivity index (χ0v) is 16.1. The first kappa shape index (κ1) is 19.9. The largest absolute Gasteiger partial charge is 0.485 e. The summed E-state index contributed by atoms with van der Waals surface area (Å²) in [5.41, 5.74) is 8.96. The molecule has 4 nitrogen and oxygen atoms in total. The number of imidazole rings is 1. The van der Waals surface area contributed by atoms with Crippen molar-refractivity contribution in [1.82, 2.24) is 9.38 Å². The Bertz CT molecular complexity index is 823. The average Bonchev–Trinajstić information content (AvgIpc) is 2.76. The molecule has 3 aromatic rings. The van der Waals surface area contributed by atoms with Gasteiger partial charge in [-0.3, -0.25) is 4.40 Å². The highest BCUT2D eigenvalue weighted by Gasteiger charge is 2.11. The smallest absolute Gasteiger partial charge is 0.180 e. The predicted molar refractivity (Wildman–Crippen MR) is 102 cm³/mol. The van der Waals surface area contributed by atoms with Gasteiger partial charge in [0.2, 0.25) is 0 Å². The minimum Gasteiger partial charge on any atom is -0.485 e. The van der Waals surface area contributed by atoms with E-state index >= 15 is 0 Å². The number of hydrogen-bond acceptors (Lipinski definition) is 3. The lowest BCUT2D eigenvalue weighted by Crippen LogP contribution is -1.99. The normalized spacial score (nSPS) is 10.0. The Hall–Kier alpha value is -1.14. The van der Waals surface area contributed by atoms with Crippen LogP contribution in [0.2, 0.25) is 5.02 Å². The summed E-state index contributed by atoms with van der Waals surface area (Å²) in [6, 6.07) is 9.15. The number of nitrogen functional groups attached to an aromatic ring is 1. The number of fused-ring (bicyclic) bond motifs is 1. The zero-order valence-electron chi connectivity index (χ0n) is 12.1. The van der Waals surface area contributed by atoms with Crippen LogP contribution in [0, 0.1) is 6.92 Å². The Morgan fingerprint density at radius 3 is 2.78 bits per heavy atom. The highest BCUT2D eigenvalue weighted by Crippen LogP contribution is 2.27. The first-order valence-corrected chi connectivity index (χ1v) is 7.53. The van der Waals surface area contributed by atoms with Gasteiger partial charge in [0.05, 0.1) is 5.69 Å². The number of pyridine rings is 1. The van der Waals surface area contributed by atoms with E-state index in [0.29, 0.717) is 23.1 Å². The molecular weight excluding hydrogens is 424 g/mol. The van der Waals surface area contributed by atoms with Crippen molar-refractivity contribution >= 4 is 63.7 Å². The fourth-order valence-corrected chi connectivity index (χ4v) is 2.65. The van der Waals surface area contributed by atoms with Crippen molar-refractivity contribution < 1.29 is 4.74 Å². The lowest BCUT2D eigenvalue weighted by molar-refractivity contribution is 0.308. The van der Waals surface area contributed by atoms with E-state index in [9.17, 15) is 0 Å². The van der Waals surface area contributed by atoms with Crippen LogP contribution in [0.4, 0.5) is 5.69 Å². The molecule has 0 radical (unpaired) electrons. The number of aryl methyl sites for hydroxylation is 1. The quantitative estimate of drug-likeness (QED) is 0.580. The van der Waals surface area contributed by atoms with E-state index in [1.165, 1.54) is 0 Å². The van der Waals surface area contributed by atoms with Crippen LogP contribution in [0.5, 0.6) is 5.75 Å². The van der Waals surface area contributed by atoms with Crippen LogP contribution in [-0.2, 0) is 6.61 Å². The lowest BCUT2D eigenvalue weighted by atomic mass is 10.2. The second-order valence-corrected chi connectivity index (χ2v) is 5.85. The third-order valence-corrected chi connectivity index (χ3v) is 4.49. The number of aromatic nitrogens is 2. The molecule has 0 unspecified atom stereocenters. The molecule has 0 fully saturated rings.